The van der Waals surface area contributed by atoms with Crippen molar-refractivity contribution >= 4 is 35.0 Å². The Morgan fingerprint density at radius 1 is 1.10 bits per heavy atom. The molecule has 30 heavy (non-hydrogen) atoms. The summed E-state index contributed by atoms with van der Waals surface area (Å²) in [7, 11) is 1.94. The number of aryl methyl sites for hydroxylation is 2. The number of fused-ring (bicyclic) bond motifs is 3. The number of aromatic nitrogens is 2. The monoisotopic (exact) mass is 438 g/mol. The average Bonchev–Trinajstić information content (AvgIpc) is 3.10. The Morgan fingerprint density at radius 3 is 2.67 bits per heavy atom. The molecule has 5 nitrogen and oxygen atoms in total. The van der Waals surface area contributed by atoms with Crippen molar-refractivity contribution in [3.8, 4) is 11.3 Å². The van der Waals surface area contributed by atoms with Crippen LogP contribution in [0.1, 0.15) is 21.6 Å². The van der Waals surface area contributed by atoms with E-state index in [1.54, 1.807) is 11.8 Å². The molecule has 2 aliphatic heterocycles. The third kappa shape index (κ3) is 3.38. The van der Waals surface area contributed by atoms with Crippen LogP contribution in [0, 0.1) is 6.92 Å². The highest BCUT2D eigenvalue weighted by Gasteiger charge is 2.31. The van der Waals surface area contributed by atoms with Gasteiger partial charge in [-0.2, -0.15) is 5.10 Å². The summed E-state index contributed by atoms with van der Waals surface area (Å²) in [4.78, 5) is 18.8. The average molecular weight is 439 g/mol. The minimum absolute atomic E-state index is 0.0364. The van der Waals surface area contributed by atoms with Crippen molar-refractivity contribution in [1.29, 1.82) is 0 Å². The summed E-state index contributed by atoms with van der Waals surface area (Å²) in [5.74, 6) is 0.817. The van der Waals surface area contributed by atoms with Gasteiger partial charge in [0.05, 0.1) is 5.69 Å². The lowest BCUT2D eigenvalue weighted by atomic mass is 10.0. The second-order valence-electron chi connectivity index (χ2n) is 7.85. The second-order valence-corrected chi connectivity index (χ2v) is 9.30. The largest absolute Gasteiger partial charge is 0.368 e. The van der Waals surface area contributed by atoms with Crippen molar-refractivity contribution in [3.63, 3.8) is 0 Å². The Hall–Kier alpha value is -2.44. The van der Waals surface area contributed by atoms with Gasteiger partial charge in [0, 0.05) is 65.7 Å². The van der Waals surface area contributed by atoms with E-state index in [2.05, 4.69) is 41.2 Å². The highest BCUT2D eigenvalue weighted by molar-refractivity contribution is 7.98. The first-order chi connectivity index (χ1) is 14.5. The number of thioether (sulfide) groups is 1. The number of nitrogens with zero attached hydrogens (tertiary/aromatic N) is 4. The summed E-state index contributed by atoms with van der Waals surface area (Å²) < 4.78 is 1.88. The molecule has 0 saturated carbocycles. The summed E-state index contributed by atoms with van der Waals surface area (Å²) in [6, 6.07) is 14.4. The first-order valence-corrected chi connectivity index (χ1v) is 11.5. The standard InChI is InChI=1S/C23H23ClN4OS/c1-15-6-7-20-18(12-15)22-19(14-30-20)21(25-26(22)2)23(29)28-10-8-27(9-11-28)17-5-3-4-16(24)13-17/h3-7,12-13H,8-11,14H2,1-2H3. The molecule has 5 rings (SSSR count). The van der Waals surface area contributed by atoms with E-state index in [4.69, 9.17) is 11.6 Å². The second kappa shape index (κ2) is 7.67. The number of anilines is 1. The van der Waals surface area contributed by atoms with Crippen molar-refractivity contribution in [2.24, 2.45) is 7.05 Å². The molecule has 2 aliphatic rings. The van der Waals surface area contributed by atoms with Gasteiger partial charge in [-0.05, 0) is 37.3 Å². The lowest BCUT2D eigenvalue weighted by Crippen LogP contribution is -2.49. The predicted octanol–water partition coefficient (Wildman–Crippen LogP) is 4.62. The van der Waals surface area contributed by atoms with Crippen LogP contribution < -0.4 is 4.90 Å². The third-order valence-corrected chi connectivity index (χ3v) is 7.19. The van der Waals surface area contributed by atoms with Gasteiger partial charge in [-0.15, -0.1) is 11.8 Å². The molecule has 1 aromatic heterocycles. The van der Waals surface area contributed by atoms with Gasteiger partial charge in [0.25, 0.3) is 5.91 Å². The molecule has 2 aromatic carbocycles. The molecule has 0 bridgehead atoms. The zero-order valence-electron chi connectivity index (χ0n) is 17.1. The predicted molar refractivity (Wildman–Crippen MR) is 123 cm³/mol. The lowest BCUT2D eigenvalue weighted by molar-refractivity contribution is 0.0739. The van der Waals surface area contributed by atoms with E-state index >= 15 is 0 Å². The van der Waals surface area contributed by atoms with Gasteiger partial charge in [0.15, 0.2) is 5.69 Å². The van der Waals surface area contributed by atoms with Crippen LogP contribution >= 0.6 is 23.4 Å². The molecule has 0 unspecified atom stereocenters. The van der Waals surface area contributed by atoms with Gasteiger partial charge in [-0.25, -0.2) is 0 Å². The first kappa shape index (κ1) is 19.5. The van der Waals surface area contributed by atoms with Crippen molar-refractivity contribution in [2.45, 2.75) is 17.6 Å². The van der Waals surface area contributed by atoms with Crippen LogP contribution in [-0.2, 0) is 12.8 Å². The van der Waals surface area contributed by atoms with Gasteiger partial charge in [0.1, 0.15) is 0 Å². The first-order valence-electron chi connectivity index (χ1n) is 10.1. The number of rotatable bonds is 2. The van der Waals surface area contributed by atoms with E-state index < -0.39 is 0 Å². The van der Waals surface area contributed by atoms with Gasteiger partial charge in [0.2, 0.25) is 0 Å². The van der Waals surface area contributed by atoms with Crippen LogP contribution in [0.5, 0.6) is 0 Å². The molecular weight excluding hydrogens is 416 g/mol. The van der Waals surface area contributed by atoms with Crippen molar-refractivity contribution in [3.05, 3.63) is 64.3 Å². The van der Waals surface area contributed by atoms with Gasteiger partial charge < -0.3 is 9.80 Å². The number of hydrogen-bond acceptors (Lipinski definition) is 4. The summed E-state index contributed by atoms with van der Waals surface area (Å²) >= 11 is 7.92. The summed E-state index contributed by atoms with van der Waals surface area (Å²) in [6.45, 7) is 5.04. The van der Waals surface area contributed by atoms with Crippen LogP contribution in [-0.4, -0.2) is 46.8 Å². The number of halogens is 1. The molecule has 1 fully saturated rings. The number of hydrogen-bond donors (Lipinski definition) is 0. The van der Waals surface area contributed by atoms with Gasteiger partial charge in [-0.1, -0.05) is 29.3 Å². The quantitative estimate of drug-likeness (QED) is 0.585. The molecule has 154 valence electrons. The Morgan fingerprint density at radius 2 is 1.90 bits per heavy atom. The molecule has 0 spiro atoms. The maximum atomic E-state index is 13.4. The minimum atomic E-state index is 0.0364. The van der Waals surface area contributed by atoms with Gasteiger partial charge in [-0.3, -0.25) is 9.48 Å². The number of carbonyl (C=O) groups is 1. The zero-order valence-corrected chi connectivity index (χ0v) is 18.6. The number of benzene rings is 2. The summed E-state index contributed by atoms with van der Waals surface area (Å²) in [5, 5.41) is 5.40. The molecule has 0 atom stereocenters. The molecule has 0 radical (unpaired) electrons. The maximum absolute atomic E-state index is 13.4. The lowest BCUT2D eigenvalue weighted by Gasteiger charge is -2.36. The Labute approximate surface area is 185 Å². The third-order valence-electron chi connectivity index (χ3n) is 5.85. The van der Waals surface area contributed by atoms with Crippen LogP contribution in [0.4, 0.5) is 5.69 Å². The maximum Gasteiger partial charge on any atom is 0.274 e. The number of piperazine rings is 1. The topological polar surface area (TPSA) is 41.4 Å². The fraction of sp³-hybridized carbons (Fsp3) is 0.304. The molecule has 1 amide bonds. The van der Waals surface area contributed by atoms with Crippen LogP contribution in [0.25, 0.3) is 11.3 Å². The molecule has 7 heteroatoms. The molecule has 0 aliphatic carbocycles. The van der Waals surface area contributed by atoms with Crippen LogP contribution in [0.2, 0.25) is 5.02 Å². The van der Waals surface area contributed by atoms with Crippen LogP contribution in [0.3, 0.4) is 0 Å². The Bertz CT molecular complexity index is 1130. The summed E-state index contributed by atoms with van der Waals surface area (Å²) in [5.41, 5.74) is 6.24. The SMILES string of the molecule is Cc1ccc2c(c1)-c1c(c(C(=O)N3CCN(c4cccc(Cl)c4)CC3)nn1C)CS2. The van der Waals surface area contributed by atoms with E-state index in [0.29, 0.717) is 18.8 Å². The molecule has 0 N–H and O–H groups in total. The molecule has 3 heterocycles. The van der Waals surface area contributed by atoms with E-state index in [1.807, 2.05) is 34.8 Å². The normalized spacial score (nSPS) is 15.7. The Balaban J connectivity index is 1.38. The van der Waals surface area contributed by atoms with Crippen molar-refractivity contribution in [1.82, 2.24) is 14.7 Å². The van der Waals surface area contributed by atoms with Crippen molar-refractivity contribution < 1.29 is 4.79 Å². The summed E-state index contributed by atoms with van der Waals surface area (Å²) in [6.07, 6.45) is 0. The Kier molecular flexibility index (Phi) is 4.99. The molecular formula is C23H23ClN4OS. The smallest absolute Gasteiger partial charge is 0.274 e. The van der Waals surface area contributed by atoms with E-state index in [0.717, 1.165) is 40.8 Å². The number of carbonyl (C=O) groups excluding carboxylic acids is 1. The highest BCUT2D eigenvalue weighted by Crippen LogP contribution is 2.43. The molecule has 3 aromatic rings. The van der Waals surface area contributed by atoms with E-state index in [1.165, 1.54) is 16.0 Å². The van der Waals surface area contributed by atoms with E-state index in [-0.39, 0.29) is 5.91 Å². The van der Waals surface area contributed by atoms with Gasteiger partial charge >= 0.3 is 0 Å². The fourth-order valence-corrected chi connectivity index (χ4v) is 5.54. The van der Waals surface area contributed by atoms with Crippen molar-refractivity contribution in [2.75, 3.05) is 31.1 Å². The van der Waals surface area contributed by atoms with E-state index in [9.17, 15) is 4.79 Å². The zero-order chi connectivity index (χ0) is 20.8. The fourth-order valence-electron chi connectivity index (χ4n) is 4.31. The van der Waals surface area contributed by atoms with Crippen LogP contribution in [0.15, 0.2) is 47.4 Å². The number of amides is 1. The minimum Gasteiger partial charge on any atom is -0.368 e. The molecule has 1 saturated heterocycles. The highest BCUT2D eigenvalue weighted by atomic mass is 35.5.